The van der Waals surface area contributed by atoms with Crippen LogP contribution in [0.15, 0.2) is 89.1 Å². The highest BCUT2D eigenvalue weighted by Crippen LogP contribution is 2.29. The highest BCUT2D eigenvalue weighted by molar-refractivity contribution is 7.21. The first-order valence-electron chi connectivity index (χ1n) is 8.98. The quantitative estimate of drug-likeness (QED) is 0.352. The molecule has 134 valence electrons. The molecule has 0 bridgehead atoms. The van der Waals surface area contributed by atoms with Crippen molar-refractivity contribution in [2.75, 3.05) is 11.4 Å². The van der Waals surface area contributed by atoms with Crippen molar-refractivity contribution in [2.24, 2.45) is 10.2 Å². The Morgan fingerprint density at radius 3 is 2.33 bits per heavy atom. The van der Waals surface area contributed by atoms with Gasteiger partial charge in [-0.2, -0.15) is 0 Å². The average Bonchev–Trinajstić information content (AvgIpc) is 3.15. The first-order valence-corrected chi connectivity index (χ1v) is 9.80. The third kappa shape index (κ3) is 4.20. The molecule has 1 aromatic heterocycles. The van der Waals surface area contributed by atoms with Gasteiger partial charge in [0.1, 0.15) is 0 Å². The summed E-state index contributed by atoms with van der Waals surface area (Å²) in [4.78, 5) is 6.82. The molecule has 0 amide bonds. The van der Waals surface area contributed by atoms with Crippen LogP contribution in [0.3, 0.4) is 0 Å². The molecule has 0 aliphatic heterocycles. The summed E-state index contributed by atoms with van der Waals surface area (Å²) in [5, 5.41) is 9.31. The SMILES string of the molecule is CCN(Cc1ccccc1)c1ccc(N=Nc2nc3ccccc3s2)cc1. The van der Waals surface area contributed by atoms with Crippen LogP contribution in [0.2, 0.25) is 0 Å². The zero-order valence-electron chi connectivity index (χ0n) is 15.1. The van der Waals surface area contributed by atoms with Crippen molar-refractivity contribution >= 4 is 38.1 Å². The number of thiazole rings is 1. The third-order valence-corrected chi connectivity index (χ3v) is 5.27. The Kier molecular flexibility index (Phi) is 5.21. The fourth-order valence-corrected chi connectivity index (χ4v) is 3.71. The maximum absolute atomic E-state index is 4.48. The van der Waals surface area contributed by atoms with Crippen molar-refractivity contribution in [1.29, 1.82) is 0 Å². The molecule has 4 rings (SSSR count). The van der Waals surface area contributed by atoms with Gasteiger partial charge in [0, 0.05) is 18.8 Å². The van der Waals surface area contributed by atoms with Crippen LogP contribution in [0.4, 0.5) is 16.5 Å². The largest absolute Gasteiger partial charge is 0.367 e. The molecule has 4 nitrogen and oxygen atoms in total. The number of para-hydroxylation sites is 1. The second kappa shape index (κ2) is 8.10. The van der Waals surface area contributed by atoms with E-state index in [2.05, 4.69) is 63.4 Å². The molecule has 0 aliphatic carbocycles. The van der Waals surface area contributed by atoms with E-state index in [0.717, 1.165) is 29.0 Å². The van der Waals surface area contributed by atoms with Crippen molar-refractivity contribution in [3.8, 4) is 0 Å². The molecule has 0 fully saturated rings. The number of aromatic nitrogens is 1. The summed E-state index contributed by atoms with van der Waals surface area (Å²) in [5.41, 5.74) is 4.28. The number of nitrogens with zero attached hydrogens (tertiary/aromatic N) is 4. The van der Waals surface area contributed by atoms with Crippen LogP contribution in [0, 0.1) is 0 Å². The van der Waals surface area contributed by atoms with Gasteiger partial charge in [-0.15, -0.1) is 10.2 Å². The van der Waals surface area contributed by atoms with Gasteiger partial charge in [0.15, 0.2) is 0 Å². The Bertz CT molecular complexity index is 1010. The van der Waals surface area contributed by atoms with Gasteiger partial charge in [0.05, 0.1) is 15.9 Å². The summed E-state index contributed by atoms with van der Waals surface area (Å²) < 4.78 is 1.13. The van der Waals surface area contributed by atoms with E-state index >= 15 is 0 Å². The predicted octanol–water partition coefficient (Wildman–Crippen LogP) is 6.74. The Hall–Kier alpha value is -3.05. The number of benzene rings is 3. The molecule has 0 unspecified atom stereocenters. The predicted molar refractivity (Wildman–Crippen MR) is 113 cm³/mol. The Labute approximate surface area is 162 Å². The van der Waals surface area contributed by atoms with Crippen LogP contribution >= 0.6 is 11.3 Å². The summed E-state index contributed by atoms with van der Waals surface area (Å²) >= 11 is 1.55. The topological polar surface area (TPSA) is 40.9 Å². The van der Waals surface area contributed by atoms with Gasteiger partial charge in [0.2, 0.25) is 5.13 Å². The number of hydrogen-bond donors (Lipinski definition) is 0. The van der Waals surface area contributed by atoms with Crippen molar-refractivity contribution in [3.63, 3.8) is 0 Å². The molecule has 0 radical (unpaired) electrons. The molecule has 0 aliphatic rings. The second-order valence-corrected chi connectivity index (χ2v) is 7.19. The standard InChI is InChI=1S/C22H20N4S/c1-2-26(16-17-8-4-3-5-9-17)19-14-12-18(13-15-19)24-25-22-23-20-10-6-7-11-21(20)27-22/h3-15H,2,16H2,1H3. The lowest BCUT2D eigenvalue weighted by molar-refractivity contribution is 0.832. The minimum atomic E-state index is 0.680. The van der Waals surface area contributed by atoms with E-state index in [9.17, 15) is 0 Å². The maximum Gasteiger partial charge on any atom is 0.231 e. The van der Waals surface area contributed by atoms with Crippen LogP contribution in [-0.2, 0) is 6.54 Å². The number of azo groups is 1. The normalized spacial score (nSPS) is 11.3. The second-order valence-electron chi connectivity index (χ2n) is 6.18. The zero-order chi connectivity index (χ0) is 18.5. The van der Waals surface area contributed by atoms with Gasteiger partial charge in [-0.3, -0.25) is 0 Å². The fourth-order valence-electron chi connectivity index (χ4n) is 2.92. The molecule has 0 spiro atoms. The Morgan fingerprint density at radius 1 is 0.852 bits per heavy atom. The molecule has 27 heavy (non-hydrogen) atoms. The minimum Gasteiger partial charge on any atom is -0.367 e. The highest BCUT2D eigenvalue weighted by Gasteiger charge is 2.06. The number of anilines is 1. The molecule has 4 aromatic rings. The number of hydrogen-bond acceptors (Lipinski definition) is 5. The van der Waals surface area contributed by atoms with E-state index in [0.29, 0.717) is 5.13 Å². The molecule has 3 aromatic carbocycles. The van der Waals surface area contributed by atoms with Gasteiger partial charge in [-0.25, -0.2) is 4.98 Å². The summed E-state index contributed by atoms with van der Waals surface area (Å²) in [6, 6.07) is 26.7. The van der Waals surface area contributed by atoms with Gasteiger partial charge in [-0.05, 0) is 48.9 Å². The van der Waals surface area contributed by atoms with E-state index in [-0.39, 0.29) is 0 Å². The van der Waals surface area contributed by atoms with E-state index < -0.39 is 0 Å². The summed E-state index contributed by atoms with van der Waals surface area (Å²) in [5.74, 6) is 0. The van der Waals surface area contributed by atoms with Crippen molar-refractivity contribution in [3.05, 3.63) is 84.4 Å². The Balaban J connectivity index is 1.47. The summed E-state index contributed by atoms with van der Waals surface area (Å²) in [7, 11) is 0. The van der Waals surface area contributed by atoms with Crippen LogP contribution < -0.4 is 4.90 Å². The molecule has 5 heteroatoms. The van der Waals surface area contributed by atoms with E-state index in [1.807, 2.05) is 42.5 Å². The van der Waals surface area contributed by atoms with Crippen LogP contribution in [-0.4, -0.2) is 11.5 Å². The third-order valence-electron chi connectivity index (χ3n) is 4.35. The molecule has 0 atom stereocenters. The molecule has 0 N–H and O–H groups in total. The first kappa shape index (κ1) is 17.4. The van der Waals surface area contributed by atoms with Crippen molar-refractivity contribution in [2.45, 2.75) is 13.5 Å². The lowest BCUT2D eigenvalue weighted by Gasteiger charge is -2.23. The van der Waals surface area contributed by atoms with Crippen molar-refractivity contribution in [1.82, 2.24) is 4.98 Å². The lowest BCUT2D eigenvalue weighted by atomic mass is 10.2. The summed E-state index contributed by atoms with van der Waals surface area (Å²) in [6.45, 7) is 4.01. The van der Waals surface area contributed by atoms with Gasteiger partial charge >= 0.3 is 0 Å². The molecular weight excluding hydrogens is 352 g/mol. The lowest BCUT2D eigenvalue weighted by Crippen LogP contribution is -2.21. The minimum absolute atomic E-state index is 0.680. The number of rotatable bonds is 6. The fraction of sp³-hybridized carbons (Fsp3) is 0.136. The smallest absolute Gasteiger partial charge is 0.231 e. The average molecular weight is 372 g/mol. The zero-order valence-corrected chi connectivity index (χ0v) is 15.9. The molecule has 1 heterocycles. The molecule has 0 saturated carbocycles. The molecule has 0 saturated heterocycles. The number of fused-ring (bicyclic) bond motifs is 1. The van der Waals surface area contributed by atoms with E-state index in [1.54, 1.807) is 11.3 Å². The van der Waals surface area contributed by atoms with Crippen LogP contribution in [0.25, 0.3) is 10.2 Å². The van der Waals surface area contributed by atoms with Crippen LogP contribution in [0.1, 0.15) is 12.5 Å². The van der Waals surface area contributed by atoms with Crippen molar-refractivity contribution < 1.29 is 0 Å². The van der Waals surface area contributed by atoms with E-state index in [4.69, 9.17) is 0 Å². The van der Waals surface area contributed by atoms with E-state index in [1.165, 1.54) is 11.3 Å². The van der Waals surface area contributed by atoms with Crippen LogP contribution in [0.5, 0.6) is 0 Å². The molecular formula is C22H20N4S. The maximum atomic E-state index is 4.48. The van der Waals surface area contributed by atoms with Gasteiger partial charge < -0.3 is 4.90 Å². The van der Waals surface area contributed by atoms with Gasteiger partial charge in [-0.1, -0.05) is 53.8 Å². The summed E-state index contributed by atoms with van der Waals surface area (Å²) in [6.07, 6.45) is 0. The monoisotopic (exact) mass is 372 g/mol. The highest BCUT2D eigenvalue weighted by atomic mass is 32.1. The van der Waals surface area contributed by atoms with Gasteiger partial charge in [0.25, 0.3) is 0 Å². The Morgan fingerprint density at radius 2 is 1.59 bits per heavy atom. The first-order chi connectivity index (χ1) is 13.3.